The van der Waals surface area contributed by atoms with Crippen molar-refractivity contribution in [3.63, 3.8) is 0 Å². The minimum Gasteiger partial charge on any atom is -0.343 e. The molecule has 4 fully saturated rings. The number of rotatable bonds is 8. The monoisotopic (exact) mass is 902 g/mol. The molecular formula is C58H71N5O4. The second-order valence-corrected chi connectivity index (χ2v) is 19.2. The number of hydrogen-bond donors (Lipinski definition) is 0. The summed E-state index contributed by atoms with van der Waals surface area (Å²) < 4.78 is 0. The molecule has 4 heterocycles. The molecule has 0 aliphatic carbocycles. The fraction of sp³-hybridized carbons (Fsp3) is 0.448. The second kappa shape index (κ2) is 21.5. The molecule has 4 aliphatic heterocycles. The van der Waals surface area contributed by atoms with Gasteiger partial charge in [-0.15, -0.1) is 0 Å². The Morgan fingerprint density at radius 3 is 1.19 bits per heavy atom. The Morgan fingerprint density at radius 2 is 0.836 bits per heavy atom. The van der Waals surface area contributed by atoms with E-state index in [1.54, 1.807) is 6.92 Å². The Bertz CT molecular complexity index is 2610. The van der Waals surface area contributed by atoms with Crippen LogP contribution in [0.25, 0.3) is 43.1 Å². The van der Waals surface area contributed by atoms with Gasteiger partial charge in [0.15, 0.2) is 0 Å². The molecule has 0 aromatic heterocycles. The number of piperidine rings is 4. The van der Waals surface area contributed by atoms with Crippen molar-refractivity contribution in [2.75, 3.05) is 65.4 Å². The summed E-state index contributed by atoms with van der Waals surface area (Å²) in [5.41, 5.74) is 1.67. The lowest BCUT2D eigenvalue weighted by Gasteiger charge is -2.42. The molecule has 0 radical (unpaired) electrons. The molecule has 6 aromatic carbocycles. The summed E-state index contributed by atoms with van der Waals surface area (Å²) in [4.78, 5) is 63.5. The summed E-state index contributed by atoms with van der Waals surface area (Å²) in [5, 5.41) is 8.59. The molecule has 0 N–H and O–H groups in total. The summed E-state index contributed by atoms with van der Waals surface area (Å²) in [6, 6.07) is 38.1. The van der Waals surface area contributed by atoms with Crippen molar-refractivity contribution in [2.45, 2.75) is 91.6 Å². The number of Topliss-reactive ketones (excluding diaryl/α,β-unsaturated/α-hetero) is 1. The summed E-state index contributed by atoms with van der Waals surface area (Å²) in [7, 11) is 0. The van der Waals surface area contributed by atoms with Gasteiger partial charge in [-0.1, -0.05) is 104 Å². The van der Waals surface area contributed by atoms with Gasteiger partial charge in [0.25, 0.3) is 11.8 Å². The smallest absolute Gasteiger partial charge is 0.255 e. The van der Waals surface area contributed by atoms with Gasteiger partial charge >= 0.3 is 0 Å². The highest BCUT2D eigenvalue weighted by Gasteiger charge is 2.35. The summed E-state index contributed by atoms with van der Waals surface area (Å²) in [6.45, 7) is 14.4. The van der Waals surface area contributed by atoms with Crippen molar-refractivity contribution < 1.29 is 19.2 Å². The van der Waals surface area contributed by atoms with Crippen LogP contribution in [0.4, 0.5) is 0 Å². The average Bonchev–Trinajstić information content (AvgIpc) is 3.37. The van der Waals surface area contributed by atoms with E-state index >= 15 is 0 Å². The predicted molar refractivity (Wildman–Crippen MR) is 275 cm³/mol. The molecule has 3 amide bonds. The first kappa shape index (κ1) is 47.8. The molecular weight excluding hydrogens is 831 g/mol. The van der Waals surface area contributed by atoms with E-state index in [0.29, 0.717) is 23.8 Å². The van der Waals surface area contributed by atoms with E-state index in [0.717, 1.165) is 171 Å². The van der Waals surface area contributed by atoms with Crippen LogP contribution < -0.4 is 0 Å². The van der Waals surface area contributed by atoms with Crippen LogP contribution in [0.1, 0.15) is 100 Å². The predicted octanol–water partition coefficient (Wildman–Crippen LogP) is 10.7. The zero-order valence-corrected chi connectivity index (χ0v) is 39.3. The number of benzene rings is 6. The molecule has 10 rings (SSSR count). The topological polar surface area (TPSA) is 84.5 Å². The lowest BCUT2D eigenvalue weighted by molar-refractivity contribution is -0.137. The highest BCUT2D eigenvalue weighted by atomic mass is 16.2. The number of nitrogens with zero attached hydrogens (tertiary/aromatic N) is 5. The number of fused-ring (bicyclic) bond motifs is 4. The lowest BCUT2D eigenvalue weighted by atomic mass is 9.91. The van der Waals surface area contributed by atoms with Gasteiger partial charge < -0.3 is 14.7 Å². The Morgan fingerprint density at radius 1 is 0.493 bits per heavy atom. The first-order valence-electron chi connectivity index (χ1n) is 24.9. The van der Waals surface area contributed by atoms with Crippen molar-refractivity contribution in [1.29, 1.82) is 0 Å². The number of carbonyl (C=O) groups is 4. The number of ketones is 1. The standard InChI is InChI=1S/C30H37N3O2.C27H30N2O2.CH4/c1-3-31(4-2)29(34)24-12-9-17-33(21-24)25-15-18-32(19-16-25)30(35)28-26-13-7-5-10-22(26)20-23-11-6-8-14-27(23)28;1-19(30)22-9-6-14-29(18-22)23-12-15-28(16-13-23)27(31)26-24-10-4-2-7-20(24)17-21-8-3-5-11-25(21)26;/h5-8,10-11,13-14,20,24-25H,3-4,9,12,15-19,21H2,1-2H3;2-5,7-8,10-11,17,22-23H,6,9,12-16,18H2,1H3;1H4/t;22-;/m.1./s1. The molecule has 2 atom stereocenters. The third-order valence-corrected chi connectivity index (χ3v) is 15.4. The van der Waals surface area contributed by atoms with Gasteiger partial charge in [0, 0.05) is 70.4 Å². The van der Waals surface area contributed by atoms with Crippen molar-refractivity contribution in [1.82, 2.24) is 24.5 Å². The molecule has 4 saturated heterocycles. The van der Waals surface area contributed by atoms with Gasteiger partial charge in [-0.05, 0) is 140 Å². The Balaban J connectivity index is 0.000000180. The number of hydrogen-bond acceptors (Lipinski definition) is 6. The van der Waals surface area contributed by atoms with Gasteiger partial charge in [-0.3, -0.25) is 29.0 Å². The van der Waals surface area contributed by atoms with Crippen LogP contribution in [0.2, 0.25) is 0 Å². The first-order chi connectivity index (χ1) is 32.2. The fourth-order valence-electron chi connectivity index (χ4n) is 11.7. The third kappa shape index (κ3) is 10.1. The van der Waals surface area contributed by atoms with Crippen LogP contribution >= 0.6 is 0 Å². The van der Waals surface area contributed by atoms with Crippen LogP contribution in [-0.2, 0) is 9.59 Å². The lowest BCUT2D eigenvalue weighted by Crippen LogP contribution is -2.52. The van der Waals surface area contributed by atoms with E-state index in [4.69, 9.17) is 0 Å². The highest BCUT2D eigenvalue weighted by Crippen LogP contribution is 2.34. The van der Waals surface area contributed by atoms with E-state index in [-0.39, 0.29) is 31.1 Å². The Hall–Kier alpha value is -5.64. The van der Waals surface area contributed by atoms with Gasteiger partial charge in [-0.25, -0.2) is 0 Å². The fourth-order valence-corrected chi connectivity index (χ4v) is 11.7. The molecule has 1 unspecified atom stereocenters. The molecule has 9 heteroatoms. The van der Waals surface area contributed by atoms with E-state index in [2.05, 4.69) is 84.3 Å². The van der Waals surface area contributed by atoms with E-state index in [1.165, 1.54) is 0 Å². The average molecular weight is 902 g/mol. The Kier molecular flexibility index (Phi) is 15.4. The SMILES string of the molecule is C.CC(=O)[C@@H]1CCCN(C2CCN(C(=O)c3c4ccccc4cc4ccccc34)CC2)C1.CCN(CC)C(=O)C1CCCN(C2CCN(C(=O)c3c4ccccc4cc4ccccc34)CC2)C1. The van der Waals surface area contributed by atoms with Crippen molar-refractivity contribution in [2.24, 2.45) is 11.8 Å². The molecule has 0 saturated carbocycles. The van der Waals surface area contributed by atoms with Crippen LogP contribution in [0, 0.1) is 11.8 Å². The van der Waals surface area contributed by atoms with E-state index in [1.807, 2.05) is 63.2 Å². The third-order valence-electron chi connectivity index (χ3n) is 15.4. The van der Waals surface area contributed by atoms with Gasteiger partial charge in [0.2, 0.25) is 5.91 Å². The summed E-state index contributed by atoms with van der Waals surface area (Å²) in [6.07, 6.45) is 8.12. The second-order valence-electron chi connectivity index (χ2n) is 19.2. The minimum atomic E-state index is 0. The zero-order chi connectivity index (χ0) is 45.7. The Labute approximate surface area is 398 Å². The number of likely N-dealkylation sites (tertiary alicyclic amines) is 4. The summed E-state index contributed by atoms with van der Waals surface area (Å²) >= 11 is 0. The van der Waals surface area contributed by atoms with Gasteiger partial charge in [0.1, 0.15) is 5.78 Å². The molecule has 0 spiro atoms. The van der Waals surface area contributed by atoms with Crippen molar-refractivity contribution >= 4 is 66.6 Å². The largest absolute Gasteiger partial charge is 0.343 e. The molecule has 352 valence electrons. The van der Waals surface area contributed by atoms with Crippen molar-refractivity contribution in [3.8, 4) is 0 Å². The normalized spacial score (nSPS) is 20.0. The maximum atomic E-state index is 13.9. The molecule has 0 bridgehead atoms. The number of amides is 3. The molecule has 6 aromatic rings. The van der Waals surface area contributed by atoms with E-state index < -0.39 is 0 Å². The van der Waals surface area contributed by atoms with E-state index in [9.17, 15) is 19.2 Å². The maximum absolute atomic E-state index is 13.9. The van der Waals surface area contributed by atoms with Crippen molar-refractivity contribution in [3.05, 3.63) is 120 Å². The van der Waals surface area contributed by atoms with Crippen LogP contribution in [0.5, 0.6) is 0 Å². The van der Waals surface area contributed by atoms with Gasteiger partial charge in [-0.2, -0.15) is 0 Å². The summed E-state index contributed by atoms with van der Waals surface area (Å²) in [5.74, 6) is 1.23. The van der Waals surface area contributed by atoms with Gasteiger partial charge in [0.05, 0.1) is 17.0 Å². The molecule has 4 aliphatic rings. The maximum Gasteiger partial charge on any atom is 0.255 e. The molecule has 9 nitrogen and oxygen atoms in total. The minimum absolute atomic E-state index is 0. The highest BCUT2D eigenvalue weighted by molar-refractivity contribution is 6.19. The quantitative estimate of drug-likeness (QED) is 0.142. The molecule has 67 heavy (non-hydrogen) atoms. The zero-order valence-electron chi connectivity index (χ0n) is 39.3. The van der Waals surface area contributed by atoms with Crippen LogP contribution in [-0.4, -0.2) is 126 Å². The van der Waals surface area contributed by atoms with Crippen LogP contribution in [0.3, 0.4) is 0 Å². The number of carbonyl (C=O) groups excluding carboxylic acids is 4. The van der Waals surface area contributed by atoms with Crippen LogP contribution in [0.15, 0.2) is 109 Å². The first-order valence-corrected chi connectivity index (χ1v) is 24.9.